The zero-order chi connectivity index (χ0) is 19.4. The van der Waals surface area contributed by atoms with Crippen molar-refractivity contribution in [2.45, 2.75) is 6.36 Å². The quantitative estimate of drug-likeness (QED) is 0.665. The van der Waals surface area contributed by atoms with Crippen molar-refractivity contribution < 1.29 is 22.6 Å². The van der Waals surface area contributed by atoms with Gasteiger partial charge in [-0.05, 0) is 48.0 Å². The van der Waals surface area contributed by atoms with Crippen molar-refractivity contribution in [3.8, 4) is 22.9 Å². The van der Waals surface area contributed by atoms with Gasteiger partial charge in [-0.3, -0.25) is 0 Å². The summed E-state index contributed by atoms with van der Waals surface area (Å²) in [6, 6.07) is 12.2. The van der Waals surface area contributed by atoms with E-state index in [1.54, 1.807) is 24.3 Å². The summed E-state index contributed by atoms with van der Waals surface area (Å²) in [7, 11) is 1.52. The molecule has 27 heavy (non-hydrogen) atoms. The Morgan fingerprint density at radius 1 is 0.963 bits per heavy atom. The minimum absolute atomic E-state index is 0.0505. The molecule has 0 radical (unpaired) electrons. The normalized spacial score (nSPS) is 11.1. The number of nitrogens with zero attached hydrogens (tertiary/aromatic N) is 3. The Balaban J connectivity index is 1.85. The van der Waals surface area contributed by atoms with Gasteiger partial charge in [0.05, 0.1) is 12.7 Å². The SMILES string of the molecule is COc1ccccc1-c1nc(Cl)nc(Nc2ccc(OC(F)(F)F)cc2)n1. The molecule has 0 saturated heterocycles. The zero-order valence-corrected chi connectivity index (χ0v) is 14.5. The molecule has 0 bridgehead atoms. The molecule has 1 heterocycles. The molecule has 1 aromatic heterocycles. The van der Waals surface area contributed by atoms with Gasteiger partial charge >= 0.3 is 6.36 Å². The first-order valence-electron chi connectivity index (χ1n) is 7.52. The van der Waals surface area contributed by atoms with Gasteiger partial charge in [0.1, 0.15) is 11.5 Å². The summed E-state index contributed by atoms with van der Waals surface area (Å²) < 4.78 is 45.7. The van der Waals surface area contributed by atoms with Gasteiger partial charge in [-0.25, -0.2) is 0 Å². The number of hydrogen-bond donors (Lipinski definition) is 1. The van der Waals surface area contributed by atoms with E-state index in [1.165, 1.54) is 31.4 Å². The third kappa shape index (κ3) is 4.98. The van der Waals surface area contributed by atoms with E-state index < -0.39 is 6.36 Å². The number of ether oxygens (including phenoxy) is 2. The molecule has 6 nitrogen and oxygen atoms in total. The standard InChI is InChI=1S/C17H12ClF3N4O2/c1-26-13-5-3-2-4-12(13)14-23-15(18)25-16(24-14)22-10-6-8-11(9-7-10)27-17(19,20)21/h2-9H,1H3,(H,22,23,24,25). The van der Waals surface area contributed by atoms with Gasteiger partial charge in [0.2, 0.25) is 11.2 Å². The molecular formula is C17H12ClF3N4O2. The van der Waals surface area contributed by atoms with Crippen molar-refractivity contribution in [3.05, 3.63) is 53.8 Å². The number of anilines is 2. The highest BCUT2D eigenvalue weighted by Crippen LogP contribution is 2.29. The molecule has 10 heteroatoms. The molecule has 0 aliphatic rings. The number of aromatic nitrogens is 3. The fourth-order valence-electron chi connectivity index (χ4n) is 2.22. The van der Waals surface area contributed by atoms with Crippen LogP contribution in [0.5, 0.6) is 11.5 Å². The average Bonchev–Trinajstić information content (AvgIpc) is 2.61. The smallest absolute Gasteiger partial charge is 0.496 e. The van der Waals surface area contributed by atoms with Gasteiger partial charge in [-0.15, -0.1) is 13.2 Å². The van der Waals surface area contributed by atoms with Gasteiger partial charge in [-0.1, -0.05) is 12.1 Å². The van der Waals surface area contributed by atoms with Crippen molar-refractivity contribution in [1.82, 2.24) is 15.0 Å². The average molecular weight is 397 g/mol. The number of nitrogens with one attached hydrogen (secondary N) is 1. The summed E-state index contributed by atoms with van der Waals surface area (Å²) in [5, 5.41) is 2.81. The van der Waals surface area contributed by atoms with E-state index in [0.29, 0.717) is 17.0 Å². The zero-order valence-electron chi connectivity index (χ0n) is 13.8. The number of methoxy groups -OCH3 is 1. The molecular weight excluding hydrogens is 385 g/mol. The van der Waals surface area contributed by atoms with Gasteiger partial charge in [0.15, 0.2) is 5.82 Å². The molecule has 0 fully saturated rings. The monoisotopic (exact) mass is 396 g/mol. The predicted octanol–water partition coefficient (Wildman–Crippen LogP) is 4.84. The first-order valence-corrected chi connectivity index (χ1v) is 7.89. The van der Waals surface area contributed by atoms with Crippen LogP contribution in [0.3, 0.4) is 0 Å². The molecule has 0 aliphatic heterocycles. The minimum atomic E-state index is -4.75. The number of hydrogen-bond acceptors (Lipinski definition) is 6. The Morgan fingerprint density at radius 3 is 2.33 bits per heavy atom. The third-order valence-electron chi connectivity index (χ3n) is 3.30. The Hall–Kier alpha value is -3.07. The van der Waals surface area contributed by atoms with E-state index >= 15 is 0 Å². The summed E-state index contributed by atoms with van der Waals surface area (Å²) in [4.78, 5) is 12.3. The van der Waals surface area contributed by atoms with Crippen molar-refractivity contribution in [3.63, 3.8) is 0 Å². The van der Waals surface area contributed by atoms with Crippen LogP contribution < -0.4 is 14.8 Å². The number of benzene rings is 2. The van der Waals surface area contributed by atoms with E-state index in [2.05, 4.69) is 25.0 Å². The largest absolute Gasteiger partial charge is 0.573 e. The van der Waals surface area contributed by atoms with Crippen LogP contribution in [0.25, 0.3) is 11.4 Å². The Morgan fingerprint density at radius 2 is 1.67 bits per heavy atom. The first kappa shape index (κ1) is 18.7. The van der Waals surface area contributed by atoms with Crippen molar-refractivity contribution in [2.24, 2.45) is 0 Å². The maximum absolute atomic E-state index is 12.2. The van der Waals surface area contributed by atoms with E-state index in [0.717, 1.165) is 0 Å². The molecule has 0 amide bonds. The molecule has 3 aromatic rings. The molecule has 0 saturated carbocycles. The van der Waals surface area contributed by atoms with Crippen LogP contribution in [0.2, 0.25) is 5.28 Å². The van der Waals surface area contributed by atoms with Crippen molar-refractivity contribution in [2.75, 3.05) is 12.4 Å². The summed E-state index contributed by atoms with van der Waals surface area (Å²) >= 11 is 5.97. The highest BCUT2D eigenvalue weighted by molar-refractivity contribution is 6.28. The lowest BCUT2D eigenvalue weighted by Crippen LogP contribution is -2.17. The van der Waals surface area contributed by atoms with E-state index in [-0.39, 0.29) is 22.8 Å². The van der Waals surface area contributed by atoms with Crippen LogP contribution in [0.4, 0.5) is 24.8 Å². The second-order valence-corrected chi connectivity index (χ2v) is 5.49. The Labute approximate surface area is 157 Å². The molecule has 0 unspecified atom stereocenters. The second kappa shape index (κ2) is 7.67. The molecule has 1 N–H and O–H groups in total. The topological polar surface area (TPSA) is 69.2 Å². The molecule has 140 valence electrons. The second-order valence-electron chi connectivity index (χ2n) is 5.15. The summed E-state index contributed by atoms with van der Waals surface area (Å²) in [6.45, 7) is 0. The first-order chi connectivity index (χ1) is 12.8. The van der Waals surface area contributed by atoms with Crippen LogP contribution in [-0.2, 0) is 0 Å². The molecule has 0 spiro atoms. The fraction of sp³-hybridized carbons (Fsp3) is 0.118. The lowest BCUT2D eigenvalue weighted by molar-refractivity contribution is -0.274. The van der Waals surface area contributed by atoms with E-state index in [4.69, 9.17) is 16.3 Å². The molecule has 3 rings (SSSR count). The summed E-state index contributed by atoms with van der Waals surface area (Å²) in [6.07, 6.45) is -4.75. The lowest BCUT2D eigenvalue weighted by atomic mass is 10.2. The number of alkyl halides is 3. The van der Waals surface area contributed by atoms with Gasteiger partial charge < -0.3 is 14.8 Å². The lowest BCUT2D eigenvalue weighted by Gasteiger charge is -2.11. The Bertz CT molecular complexity index is 936. The van der Waals surface area contributed by atoms with Crippen LogP contribution in [0, 0.1) is 0 Å². The van der Waals surface area contributed by atoms with Crippen LogP contribution in [-0.4, -0.2) is 28.4 Å². The predicted molar refractivity (Wildman–Crippen MR) is 93.2 cm³/mol. The van der Waals surface area contributed by atoms with Crippen LogP contribution >= 0.6 is 11.6 Å². The Kier molecular flexibility index (Phi) is 5.31. The molecule has 0 aliphatic carbocycles. The van der Waals surface area contributed by atoms with E-state index in [9.17, 15) is 13.2 Å². The highest BCUT2D eigenvalue weighted by Gasteiger charge is 2.30. The maximum Gasteiger partial charge on any atom is 0.573 e. The van der Waals surface area contributed by atoms with Gasteiger partial charge in [0, 0.05) is 5.69 Å². The third-order valence-corrected chi connectivity index (χ3v) is 3.47. The number of halogens is 4. The molecule has 0 atom stereocenters. The van der Waals surface area contributed by atoms with Crippen LogP contribution in [0.1, 0.15) is 0 Å². The van der Waals surface area contributed by atoms with E-state index in [1.807, 2.05) is 0 Å². The van der Waals surface area contributed by atoms with Crippen molar-refractivity contribution >= 4 is 23.2 Å². The maximum atomic E-state index is 12.2. The van der Waals surface area contributed by atoms with Crippen LogP contribution in [0.15, 0.2) is 48.5 Å². The summed E-state index contributed by atoms with van der Waals surface area (Å²) in [5.41, 5.74) is 1.05. The minimum Gasteiger partial charge on any atom is -0.496 e. The van der Waals surface area contributed by atoms with Crippen molar-refractivity contribution in [1.29, 1.82) is 0 Å². The number of rotatable bonds is 5. The molecule has 2 aromatic carbocycles. The summed E-state index contributed by atoms with van der Waals surface area (Å²) in [5.74, 6) is 0.628. The highest BCUT2D eigenvalue weighted by atomic mass is 35.5. The fourth-order valence-corrected chi connectivity index (χ4v) is 2.38. The van der Waals surface area contributed by atoms with Gasteiger partial charge in [0.25, 0.3) is 0 Å². The van der Waals surface area contributed by atoms with Gasteiger partial charge in [-0.2, -0.15) is 15.0 Å². The number of para-hydroxylation sites is 1.